The molecule has 0 aromatic heterocycles. The summed E-state index contributed by atoms with van der Waals surface area (Å²) < 4.78 is 26.6. The Kier molecular flexibility index (Phi) is 7.96. The van der Waals surface area contributed by atoms with Crippen LogP contribution in [0, 0.1) is 17.6 Å². The van der Waals surface area contributed by atoms with E-state index < -0.39 is 29.6 Å². The Bertz CT molecular complexity index is 1200. The number of likely N-dealkylation sites (N-methyl/N-ethyl adjacent to an activating group) is 1. The van der Waals surface area contributed by atoms with Crippen LogP contribution in [-0.2, 0) is 16.0 Å². The summed E-state index contributed by atoms with van der Waals surface area (Å²) in [5, 5.41) is 12.1. The van der Waals surface area contributed by atoms with Crippen molar-refractivity contribution in [3.05, 3.63) is 89.5 Å². The summed E-state index contributed by atoms with van der Waals surface area (Å²) in [4.78, 5) is 37.7. The van der Waals surface area contributed by atoms with Gasteiger partial charge in [0.15, 0.2) is 0 Å². The molecule has 0 unspecified atom stereocenters. The van der Waals surface area contributed by atoms with E-state index in [-0.39, 0.29) is 23.8 Å². The van der Waals surface area contributed by atoms with Crippen LogP contribution in [0.3, 0.4) is 0 Å². The summed E-state index contributed by atoms with van der Waals surface area (Å²) in [5.41, 5.74) is 2.81. The van der Waals surface area contributed by atoms with Gasteiger partial charge in [0.1, 0.15) is 17.7 Å². The number of hydrogen-bond donors (Lipinski definition) is 2. The average Bonchev–Trinajstić information content (AvgIpc) is 2.78. The normalized spacial score (nSPS) is 11.7. The number of carboxylic acid groups (broad SMARTS) is 1. The lowest BCUT2D eigenvalue weighted by Crippen LogP contribution is -2.45. The first-order chi connectivity index (χ1) is 16.5. The number of rotatable bonds is 8. The standard InChI is InChI=1S/C27H26F2N2O4/c1-16(2)25(27(34)35)31(3)26(33)20-6-4-18(5-7-20)19-8-10-23(11-9-19)30-24(32)14-17-12-21(28)15-22(29)13-17/h4-13,15-16,25H,14H2,1-3H3,(H,30,32)(H,34,35)/t25-/m0/s1. The van der Waals surface area contributed by atoms with Gasteiger partial charge in [-0.1, -0.05) is 38.1 Å². The van der Waals surface area contributed by atoms with Gasteiger partial charge in [0.05, 0.1) is 6.42 Å². The number of nitrogens with one attached hydrogen (secondary N) is 1. The van der Waals surface area contributed by atoms with Crippen molar-refractivity contribution in [3.63, 3.8) is 0 Å². The predicted molar refractivity (Wildman–Crippen MR) is 129 cm³/mol. The summed E-state index contributed by atoms with van der Waals surface area (Å²) in [6.45, 7) is 3.50. The van der Waals surface area contributed by atoms with Gasteiger partial charge in [0.25, 0.3) is 5.91 Å². The van der Waals surface area contributed by atoms with Crippen molar-refractivity contribution in [1.29, 1.82) is 0 Å². The van der Waals surface area contributed by atoms with Crippen LogP contribution in [-0.4, -0.2) is 40.9 Å². The molecule has 0 aliphatic rings. The molecule has 0 fully saturated rings. The molecule has 0 saturated heterocycles. The van der Waals surface area contributed by atoms with E-state index >= 15 is 0 Å². The SMILES string of the molecule is CC(C)[C@@H](C(=O)O)N(C)C(=O)c1ccc(-c2ccc(NC(=O)Cc3cc(F)cc(F)c3)cc2)cc1. The highest BCUT2D eigenvalue weighted by atomic mass is 19.1. The highest BCUT2D eigenvalue weighted by Gasteiger charge is 2.30. The first kappa shape index (κ1) is 25.6. The van der Waals surface area contributed by atoms with Crippen molar-refractivity contribution in [2.24, 2.45) is 5.92 Å². The van der Waals surface area contributed by atoms with E-state index in [0.717, 1.165) is 29.3 Å². The molecule has 0 aliphatic heterocycles. The summed E-state index contributed by atoms with van der Waals surface area (Å²) >= 11 is 0. The van der Waals surface area contributed by atoms with Crippen molar-refractivity contribution in [2.45, 2.75) is 26.3 Å². The molecule has 8 heteroatoms. The van der Waals surface area contributed by atoms with E-state index in [9.17, 15) is 28.3 Å². The van der Waals surface area contributed by atoms with Gasteiger partial charge in [0.2, 0.25) is 5.91 Å². The lowest BCUT2D eigenvalue weighted by Gasteiger charge is -2.27. The van der Waals surface area contributed by atoms with E-state index in [1.165, 1.54) is 11.9 Å². The molecule has 1 atom stereocenters. The molecule has 6 nitrogen and oxygen atoms in total. The summed E-state index contributed by atoms with van der Waals surface area (Å²) in [5.74, 6) is -3.56. The van der Waals surface area contributed by atoms with Crippen LogP contribution in [0.4, 0.5) is 14.5 Å². The number of anilines is 1. The highest BCUT2D eigenvalue weighted by Crippen LogP contribution is 2.23. The summed E-state index contributed by atoms with van der Waals surface area (Å²) in [7, 11) is 1.48. The number of nitrogens with zero attached hydrogens (tertiary/aromatic N) is 1. The first-order valence-electron chi connectivity index (χ1n) is 11.0. The maximum atomic E-state index is 13.3. The zero-order chi connectivity index (χ0) is 25.7. The molecule has 0 saturated carbocycles. The fraction of sp³-hybridized carbons (Fsp3) is 0.222. The minimum absolute atomic E-state index is 0.167. The van der Waals surface area contributed by atoms with Crippen molar-refractivity contribution in [2.75, 3.05) is 12.4 Å². The van der Waals surface area contributed by atoms with Crippen molar-refractivity contribution < 1.29 is 28.3 Å². The van der Waals surface area contributed by atoms with Crippen molar-refractivity contribution in [1.82, 2.24) is 4.90 Å². The molecule has 0 radical (unpaired) electrons. The number of carbonyl (C=O) groups excluding carboxylic acids is 2. The van der Waals surface area contributed by atoms with Gasteiger partial charge in [-0.25, -0.2) is 13.6 Å². The molecule has 0 aliphatic carbocycles. The van der Waals surface area contributed by atoms with Gasteiger partial charge in [-0.2, -0.15) is 0 Å². The minimum atomic E-state index is -1.05. The molecule has 35 heavy (non-hydrogen) atoms. The number of hydrogen-bond acceptors (Lipinski definition) is 3. The van der Waals surface area contributed by atoms with Gasteiger partial charge in [-0.15, -0.1) is 0 Å². The monoisotopic (exact) mass is 480 g/mol. The molecular weight excluding hydrogens is 454 g/mol. The fourth-order valence-electron chi connectivity index (χ4n) is 3.88. The van der Waals surface area contributed by atoms with Crippen LogP contribution in [0.2, 0.25) is 0 Å². The molecule has 3 aromatic rings. The third kappa shape index (κ3) is 6.50. The Labute approximate surface area is 202 Å². The number of carbonyl (C=O) groups is 3. The van der Waals surface area contributed by atoms with Crippen LogP contribution < -0.4 is 5.32 Å². The molecule has 3 aromatic carbocycles. The lowest BCUT2D eigenvalue weighted by atomic mass is 10.0. The first-order valence-corrected chi connectivity index (χ1v) is 11.0. The van der Waals surface area contributed by atoms with Crippen molar-refractivity contribution >= 4 is 23.5 Å². The second-order valence-corrected chi connectivity index (χ2v) is 8.60. The zero-order valence-corrected chi connectivity index (χ0v) is 19.6. The van der Waals surface area contributed by atoms with E-state index in [1.807, 2.05) is 0 Å². The largest absolute Gasteiger partial charge is 0.480 e. The van der Waals surface area contributed by atoms with E-state index in [4.69, 9.17) is 0 Å². The Balaban J connectivity index is 1.65. The Morgan fingerprint density at radius 3 is 1.89 bits per heavy atom. The topological polar surface area (TPSA) is 86.7 Å². The van der Waals surface area contributed by atoms with Crippen LogP contribution in [0.15, 0.2) is 66.7 Å². The van der Waals surface area contributed by atoms with Crippen molar-refractivity contribution in [3.8, 4) is 11.1 Å². The summed E-state index contributed by atoms with van der Waals surface area (Å²) in [6.07, 6.45) is -0.167. The molecule has 2 amide bonds. The summed E-state index contributed by atoms with van der Waals surface area (Å²) in [6, 6.07) is 15.8. The average molecular weight is 481 g/mol. The molecular formula is C27H26F2N2O4. The molecule has 2 N–H and O–H groups in total. The van der Waals surface area contributed by atoms with Gasteiger partial charge in [0, 0.05) is 24.4 Å². The Morgan fingerprint density at radius 1 is 0.886 bits per heavy atom. The third-order valence-corrected chi connectivity index (χ3v) is 5.54. The maximum Gasteiger partial charge on any atom is 0.326 e. The Hall–Kier alpha value is -4.07. The maximum absolute atomic E-state index is 13.3. The lowest BCUT2D eigenvalue weighted by molar-refractivity contribution is -0.143. The van der Waals surface area contributed by atoms with Crippen LogP contribution >= 0.6 is 0 Å². The molecule has 182 valence electrons. The van der Waals surface area contributed by atoms with Crippen LogP contribution in [0.1, 0.15) is 29.8 Å². The van der Waals surface area contributed by atoms with Gasteiger partial charge in [-0.3, -0.25) is 9.59 Å². The highest BCUT2D eigenvalue weighted by molar-refractivity contribution is 5.97. The van der Waals surface area contributed by atoms with Crippen LogP contribution in [0.5, 0.6) is 0 Å². The molecule has 3 rings (SSSR count). The van der Waals surface area contributed by atoms with E-state index in [0.29, 0.717) is 11.3 Å². The number of halogens is 2. The number of amides is 2. The fourth-order valence-corrected chi connectivity index (χ4v) is 3.88. The minimum Gasteiger partial charge on any atom is -0.480 e. The zero-order valence-electron chi connectivity index (χ0n) is 19.6. The number of aliphatic carboxylic acids is 1. The second-order valence-electron chi connectivity index (χ2n) is 8.60. The van der Waals surface area contributed by atoms with E-state index in [2.05, 4.69) is 5.32 Å². The van der Waals surface area contributed by atoms with Gasteiger partial charge < -0.3 is 15.3 Å². The van der Waals surface area contributed by atoms with Crippen LogP contribution in [0.25, 0.3) is 11.1 Å². The third-order valence-electron chi connectivity index (χ3n) is 5.54. The molecule has 0 spiro atoms. The predicted octanol–water partition coefficient (Wildman–Crippen LogP) is 4.99. The molecule has 0 heterocycles. The van der Waals surface area contributed by atoms with E-state index in [1.54, 1.807) is 62.4 Å². The quantitative estimate of drug-likeness (QED) is 0.475. The van der Waals surface area contributed by atoms with Gasteiger partial charge >= 0.3 is 5.97 Å². The van der Waals surface area contributed by atoms with Gasteiger partial charge in [-0.05, 0) is 59.0 Å². The second kappa shape index (κ2) is 10.9. The smallest absolute Gasteiger partial charge is 0.326 e. The molecule has 0 bridgehead atoms. The number of carboxylic acids is 1. The number of benzene rings is 3. The Morgan fingerprint density at radius 2 is 1.40 bits per heavy atom.